The molecule has 0 bridgehead atoms. The van der Waals surface area contributed by atoms with Crippen molar-refractivity contribution < 1.29 is 30.6 Å². The van der Waals surface area contributed by atoms with Crippen LogP contribution < -0.4 is 11.5 Å². The molecule has 132 valence electrons. The molecule has 0 unspecified atom stereocenters. The minimum Gasteiger partial charge on any atom is -0.504 e. The molecular formula is C16H22N2O6. The molecule has 0 amide bonds. The van der Waals surface area contributed by atoms with Crippen molar-refractivity contribution in [2.45, 2.75) is 12.8 Å². The third kappa shape index (κ3) is 5.11. The van der Waals surface area contributed by atoms with Gasteiger partial charge in [0.05, 0.1) is 0 Å². The van der Waals surface area contributed by atoms with Crippen LogP contribution in [0.5, 0.6) is 34.5 Å². The third-order valence-electron chi connectivity index (χ3n) is 3.12. The summed E-state index contributed by atoms with van der Waals surface area (Å²) in [6, 6.07) is 5.51. The Morgan fingerprint density at radius 1 is 0.542 bits per heavy atom. The van der Waals surface area contributed by atoms with E-state index >= 15 is 0 Å². The van der Waals surface area contributed by atoms with E-state index in [0.29, 0.717) is 37.1 Å². The van der Waals surface area contributed by atoms with Crippen molar-refractivity contribution in [1.29, 1.82) is 0 Å². The summed E-state index contributed by atoms with van der Waals surface area (Å²) in [5.41, 5.74) is 11.9. The molecule has 2 rings (SSSR count). The molecule has 0 saturated carbocycles. The zero-order valence-corrected chi connectivity index (χ0v) is 13.0. The molecule has 8 heteroatoms. The van der Waals surface area contributed by atoms with Gasteiger partial charge in [0.15, 0.2) is 34.5 Å². The van der Waals surface area contributed by atoms with E-state index in [1.165, 1.54) is 24.3 Å². The van der Waals surface area contributed by atoms with Crippen molar-refractivity contribution in [3.63, 3.8) is 0 Å². The lowest BCUT2D eigenvalue weighted by Gasteiger charge is -2.03. The minimum absolute atomic E-state index is 0.321. The van der Waals surface area contributed by atoms with Crippen molar-refractivity contribution in [3.05, 3.63) is 35.4 Å². The summed E-state index contributed by atoms with van der Waals surface area (Å²) < 4.78 is 0. The molecule has 0 aliphatic carbocycles. The first kappa shape index (κ1) is 19.2. The van der Waals surface area contributed by atoms with E-state index in [1.54, 1.807) is 0 Å². The second-order valence-corrected chi connectivity index (χ2v) is 5.04. The highest BCUT2D eigenvalue weighted by Crippen LogP contribution is 2.36. The molecule has 0 saturated heterocycles. The van der Waals surface area contributed by atoms with Crippen LogP contribution in [0.25, 0.3) is 0 Å². The van der Waals surface area contributed by atoms with Crippen molar-refractivity contribution in [2.75, 3.05) is 13.1 Å². The highest BCUT2D eigenvalue weighted by atomic mass is 16.3. The van der Waals surface area contributed by atoms with Gasteiger partial charge in [-0.1, -0.05) is 0 Å². The van der Waals surface area contributed by atoms with E-state index in [1.807, 2.05) is 0 Å². The average molecular weight is 338 g/mol. The Balaban J connectivity index is 0.000000240. The molecule has 0 atom stereocenters. The Labute approximate surface area is 138 Å². The highest BCUT2D eigenvalue weighted by molar-refractivity contribution is 5.51. The Kier molecular flexibility index (Phi) is 6.97. The molecule has 0 aliphatic heterocycles. The zero-order chi connectivity index (χ0) is 18.3. The number of aromatic hydroxyl groups is 6. The van der Waals surface area contributed by atoms with Crippen molar-refractivity contribution in [3.8, 4) is 34.5 Å². The predicted molar refractivity (Wildman–Crippen MR) is 88.4 cm³/mol. The summed E-state index contributed by atoms with van der Waals surface area (Å²) in [4.78, 5) is 0. The lowest BCUT2D eigenvalue weighted by Crippen LogP contribution is -2.02. The van der Waals surface area contributed by atoms with Crippen LogP contribution in [-0.4, -0.2) is 43.7 Å². The largest absolute Gasteiger partial charge is 0.504 e. The van der Waals surface area contributed by atoms with E-state index in [0.717, 1.165) is 0 Å². The fourth-order valence-corrected chi connectivity index (χ4v) is 1.94. The molecular weight excluding hydrogens is 316 g/mol. The monoisotopic (exact) mass is 338 g/mol. The predicted octanol–water partition coefficient (Wildman–Crippen LogP) is 0.609. The molecule has 8 nitrogen and oxygen atoms in total. The van der Waals surface area contributed by atoms with E-state index in [4.69, 9.17) is 42.1 Å². The SMILES string of the molecule is NCCc1cc(O)c(O)c(O)c1.NCCc1cc(O)c(O)c(O)c1. The molecule has 2 aromatic rings. The quantitative estimate of drug-likeness (QED) is 0.374. The van der Waals surface area contributed by atoms with Gasteiger partial charge in [-0.05, 0) is 61.3 Å². The van der Waals surface area contributed by atoms with Gasteiger partial charge in [-0.2, -0.15) is 0 Å². The summed E-state index contributed by atoms with van der Waals surface area (Å²) in [6.45, 7) is 0.868. The molecule has 0 aromatic heterocycles. The smallest absolute Gasteiger partial charge is 0.200 e. The molecule has 0 radical (unpaired) electrons. The van der Waals surface area contributed by atoms with Crippen LogP contribution in [0.3, 0.4) is 0 Å². The Morgan fingerprint density at radius 2 is 0.792 bits per heavy atom. The van der Waals surface area contributed by atoms with Crippen LogP contribution in [0.1, 0.15) is 11.1 Å². The fourth-order valence-electron chi connectivity index (χ4n) is 1.94. The second-order valence-electron chi connectivity index (χ2n) is 5.04. The summed E-state index contributed by atoms with van der Waals surface area (Å²) in [6.07, 6.45) is 1.11. The van der Waals surface area contributed by atoms with Gasteiger partial charge in [-0.3, -0.25) is 0 Å². The van der Waals surface area contributed by atoms with E-state index in [2.05, 4.69) is 0 Å². The molecule has 0 spiro atoms. The Morgan fingerprint density at radius 3 is 1.00 bits per heavy atom. The van der Waals surface area contributed by atoms with Crippen LogP contribution in [0.15, 0.2) is 24.3 Å². The standard InChI is InChI=1S/2C8H11NO3/c2*9-2-1-5-3-6(10)8(12)7(11)4-5/h2*3-4,10-12H,1-2,9H2. The van der Waals surface area contributed by atoms with Gasteiger partial charge in [0.25, 0.3) is 0 Å². The highest BCUT2D eigenvalue weighted by Gasteiger charge is 2.07. The van der Waals surface area contributed by atoms with Crippen molar-refractivity contribution in [1.82, 2.24) is 0 Å². The van der Waals surface area contributed by atoms with E-state index in [-0.39, 0.29) is 23.0 Å². The number of rotatable bonds is 4. The van der Waals surface area contributed by atoms with Gasteiger partial charge in [0, 0.05) is 0 Å². The van der Waals surface area contributed by atoms with Gasteiger partial charge in [-0.25, -0.2) is 0 Å². The first-order valence-corrected chi connectivity index (χ1v) is 7.17. The average Bonchev–Trinajstić information content (AvgIpc) is 2.51. The summed E-state index contributed by atoms with van der Waals surface area (Å²) in [5.74, 6) is -2.26. The van der Waals surface area contributed by atoms with Gasteiger partial charge in [0.1, 0.15) is 0 Å². The number of hydrogen-bond donors (Lipinski definition) is 8. The number of benzene rings is 2. The van der Waals surface area contributed by atoms with E-state index < -0.39 is 11.5 Å². The Hall–Kier alpha value is -2.84. The minimum atomic E-state index is -0.490. The number of hydrogen-bond acceptors (Lipinski definition) is 8. The maximum Gasteiger partial charge on any atom is 0.200 e. The molecule has 2 aromatic carbocycles. The first-order chi connectivity index (χ1) is 11.3. The van der Waals surface area contributed by atoms with Crippen LogP contribution >= 0.6 is 0 Å². The van der Waals surface area contributed by atoms with Gasteiger partial charge in [0.2, 0.25) is 0 Å². The maximum atomic E-state index is 9.06. The molecule has 10 N–H and O–H groups in total. The van der Waals surface area contributed by atoms with Gasteiger partial charge in [-0.15, -0.1) is 0 Å². The Bertz CT molecular complexity index is 585. The van der Waals surface area contributed by atoms with Crippen molar-refractivity contribution >= 4 is 0 Å². The third-order valence-corrected chi connectivity index (χ3v) is 3.12. The fraction of sp³-hybridized carbons (Fsp3) is 0.250. The van der Waals surface area contributed by atoms with Crippen LogP contribution in [0, 0.1) is 0 Å². The zero-order valence-electron chi connectivity index (χ0n) is 13.0. The van der Waals surface area contributed by atoms with Crippen LogP contribution in [-0.2, 0) is 12.8 Å². The topological polar surface area (TPSA) is 173 Å². The normalized spacial score (nSPS) is 10.1. The number of phenolic OH excluding ortho intramolecular Hbond substituents is 6. The summed E-state index contributed by atoms with van der Waals surface area (Å²) in [7, 11) is 0. The first-order valence-electron chi connectivity index (χ1n) is 7.17. The molecule has 0 fully saturated rings. The number of phenols is 6. The maximum absolute atomic E-state index is 9.06. The lowest BCUT2D eigenvalue weighted by molar-refractivity contribution is 0.367. The van der Waals surface area contributed by atoms with Crippen molar-refractivity contribution in [2.24, 2.45) is 11.5 Å². The molecule has 0 heterocycles. The van der Waals surface area contributed by atoms with E-state index in [9.17, 15) is 0 Å². The van der Waals surface area contributed by atoms with Crippen LogP contribution in [0.2, 0.25) is 0 Å². The van der Waals surface area contributed by atoms with Gasteiger partial charge < -0.3 is 42.1 Å². The summed E-state index contributed by atoms with van der Waals surface area (Å²) >= 11 is 0. The second kappa shape index (κ2) is 8.70. The number of nitrogens with two attached hydrogens (primary N) is 2. The lowest BCUT2D eigenvalue weighted by atomic mass is 10.1. The summed E-state index contributed by atoms with van der Waals surface area (Å²) in [5, 5.41) is 54.2. The van der Waals surface area contributed by atoms with Crippen LogP contribution in [0.4, 0.5) is 0 Å². The molecule has 0 aliphatic rings. The molecule has 24 heavy (non-hydrogen) atoms. The van der Waals surface area contributed by atoms with Gasteiger partial charge >= 0.3 is 0 Å².